The molecule has 1 N–H and O–H groups in total. The maximum absolute atomic E-state index is 12.9. The number of sulfone groups is 1. The maximum Gasteiger partial charge on any atom is 0.307 e. The lowest BCUT2D eigenvalue weighted by Crippen LogP contribution is -2.30. The number of ether oxygens (including phenoxy) is 1. The van der Waals surface area contributed by atoms with E-state index in [0.29, 0.717) is 0 Å². The number of esters is 1. The number of carbonyl (C=O) groups is 2. The number of aromatic nitrogens is 1. The molecule has 1 heterocycles. The van der Waals surface area contributed by atoms with Crippen molar-refractivity contribution in [2.24, 2.45) is 0 Å². The second-order valence-corrected chi connectivity index (χ2v) is 7.95. The molecular formula is C17H16ClFN2O5S. The van der Waals surface area contributed by atoms with Crippen molar-refractivity contribution in [1.82, 2.24) is 4.98 Å². The van der Waals surface area contributed by atoms with Gasteiger partial charge in [0.25, 0.3) is 5.91 Å². The molecule has 0 unspecified atom stereocenters. The van der Waals surface area contributed by atoms with E-state index in [-0.39, 0.29) is 15.7 Å². The first-order valence-electron chi connectivity index (χ1n) is 7.78. The van der Waals surface area contributed by atoms with Crippen molar-refractivity contribution in [3.05, 3.63) is 53.6 Å². The third-order valence-corrected chi connectivity index (χ3v) is 5.48. The lowest BCUT2D eigenvalue weighted by atomic mass is 10.3. The molecule has 2 rings (SSSR count). The Balaban J connectivity index is 1.88. The van der Waals surface area contributed by atoms with E-state index in [2.05, 4.69) is 10.3 Å². The summed E-state index contributed by atoms with van der Waals surface area (Å²) < 4.78 is 42.0. The third-order valence-electron chi connectivity index (χ3n) is 3.44. The topological polar surface area (TPSA) is 102 Å². The molecule has 10 heteroatoms. The Bertz CT molecular complexity index is 935. The molecule has 1 aromatic heterocycles. The zero-order chi connectivity index (χ0) is 20.0. The van der Waals surface area contributed by atoms with E-state index in [1.165, 1.54) is 19.2 Å². The fraction of sp³-hybridized carbons (Fsp3) is 0.235. The average molecular weight is 415 g/mol. The summed E-state index contributed by atoms with van der Waals surface area (Å²) in [6.45, 7) is 1.34. The van der Waals surface area contributed by atoms with Crippen LogP contribution in [0.25, 0.3) is 0 Å². The van der Waals surface area contributed by atoms with Gasteiger partial charge in [0.1, 0.15) is 5.82 Å². The quantitative estimate of drug-likeness (QED) is 0.424. The van der Waals surface area contributed by atoms with Crippen molar-refractivity contribution in [3.63, 3.8) is 0 Å². The highest BCUT2D eigenvalue weighted by Crippen LogP contribution is 2.18. The molecule has 0 aliphatic heterocycles. The van der Waals surface area contributed by atoms with Crippen LogP contribution >= 0.6 is 11.6 Å². The van der Waals surface area contributed by atoms with Crippen LogP contribution in [0, 0.1) is 5.82 Å². The van der Waals surface area contributed by atoms with Crippen molar-refractivity contribution in [2.45, 2.75) is 24.3 Å². The highest BCUT2D eigenvalue weighted by Gasteiger charge is 2.22. The Kier molecular flexibility index (Phi) is 6.86. The fourth-order valence-electron chi connectivity index (χ4n) is 2.00. The van der Waals surface area contributed by atoms with Crippen LogP contribution in [0.1, 0.15) is 13.3 Å². The van der Waals surface area contributed by atoms with Crippen molar-refractivity contribution < 1.29 is 27.1 Å². The maximum atomic E-state index is 12.9. The van der Waals surface area contributed by atoms with Gasteiger partial charge in [-0.1, -0.05) is 11.6 Å². The van der Waals surface area contributed by atoms with Gasteiger partial charge in [-0.2, -0.15) is 0 Å². The van der Waals surface area contributed by atoms with Crippen LogP contribution in [0.3, 0.4) is 0 Å². The van der Waals surface area contributed by atoms with Crippen molar-refractivity contribution in [1.29, 1.82) is 0 Å². The van der Waals surface area contributed by atoms with Gasteiger partial charge in [0.2, 0.25) is 0 Å². The van der Waals surface area contributed by atoms with E-state index in [9.17, 15) is 22.4 Å². The average Bonchev–Trinajstić information content (AvgIpc) is 2.62. The van der Waals surface area contributed by atoms with Crippen LogP contribution in [0.15, 0.2) is 47.5 Å². The molecule has 0 fully saturated rings. The highest BCUT2D eigenvalue weighted by molar-refractivity contribution is 7.91. The minimum atomic E-state index is -3.78. The summed E-state index contributed by atoms with van der Waals surface area (Å²) in [5.74, 6) is -2.59. The minimum absolute atomic E-state index is 0.0785. The summed E-state index contributed by atoms with van der Waals surface area (Å²) in [6.07, 6.45) is -0.171. The zero-order valence-electron chi connectivity index (χ0n) is 14.2. The van der Waals surface area contributed by atoms with E-state index in [0.717, 1.165) is 24.3 Å². The van der Waals surface area contributed by atoms with Gasteiger partial charge in [0.05, 0.1) is 22.8 Å². The molecular weight excluding hydrogens is 399 g/mol. The number of nitrogens with zero attached hydrogens (tertiary/aromatic N) is 1. The van der Waals surface area contributed by atoms with Gasteiger partial charge >= 0.3 is 5.97 Å². The SMILES string of the molecule is C[C@H](OC(=O)CCS(=O)(=O)c1ccc(F)cc1)C(=O)Nc1cccnc1Cl. The van der Waals surface area contributed by atoms with Gasteiger partial charge in [-0.05, 0) is 43.3 Å². The standard InChI is InChI=1S/C17H16ClFN2O5S/c1-11(17(23)21-14-3-2-9-20-16(14)18)26-15(22)8-10-27(24,25)13-6-4-12(19)5-7-13/h2-7,9,11H,8,10H2,1H3,(H,21,23)/t11-/m0/s1. The molecule has 0 radical (unpaired) electrons. The molecule has 2 aromatic rings. The minimum Gasteiger partial charge on any atom is -0.453 e. The molecule has 0 saturated heterocycles. The number of nitrogens with one attached hydrogen (secondary N) is 1. The number of rotatable bonds is 7. The highest BCUT2D eigenvalue weighted by atomic mass is 35.5. The number of pyridine rings is 1. The number of amides is 1. The van der Waals surface area contributed by atoms with Gasteiger partial charge in [0, 0.05) is 6.20 Å². The smallest absolute Gasteiger partial charge is 0.307 e. The fourth-order valence-corrected chi connectivity index (χ4v) is 3.39. The van der Waals surface area contributed by atoms with Crippen molar-refractivity contribution >= 4 is 39.0 Å². The van der Waals surface area contributed by atoms with Crippen LogP contribution in [-0.4, -0.2) is 37.1 Å². The lowest BCUT2D eigenvalue weighted by molar-refractivity contribution is -0.152. The number of anilines is 1. The summed E-state index contributed by atoms with van der Waals surface area (Å²) >= 11 is 5.82. The Morgan fingerprint density at radius 2 is 1.93 bits per heavy atom. The molecule has 0 bridgehead atoms. The van der Waals surface area contributed by atoms with Gasteiger partial charge in [0.15, 0.2) is 21.1 Å². The molecule has 27 heavy (non-hydrogen) atoms. The normalized spacial score (nSPS) is 12.3. The predicted molar refractivity (Wildman–Crippen MR) is 96.5 cm³/mol. The van der Waals surface area contributed by atoms with Crippen LogP contribution < -0.4 is 5.32 Å². The molecule has 1 aromatic carbocycles. The number of carbonyl (C=O) groups excluding carboxylic acids is 2. The van der Waals surface area contributed by atoms with E-state index in [1.54, 1.807) is 6.07 Å². The van der Waals surface area contributed by atoms with Crippen LogP contribution in [-0.2, 0) is 24.2 Å². The van der Waals surface area contributed by atoms with Crippen molar-refractivity contribution in [2.75, 3.05) is 11.1 Å². The first-order valence-corrected chi connectivity index (χ1v) is 9.81. The zero-order valence-corrected chi connectivity index (χ0v) is 15.8. The molecule has 0 saturated carbocycles. The number of hydrogen-bond acceptors (Lipinski definition) is 6. The first-order chi connectivity index (χ1) is 12.7. The first kappa shape index (κ1) is 20.8. The Morgan fingerprint density at radius 1 is 1.26 bits per heavy atom. The van der Waals surface area contributed by atoms with Gasteiger partial charge in [-0.25, -0.2) is 17.8 Å². The molecule has 0 aliphatic carbocycles. The largest absolute Gasteiger partial charge is 0.453 e. The van der Waals surface area contributed by atoms with E-state index in [1.807, 2.05) is 0 Å². The predicted octanol–water partition coefficient (Wildman–Crippen LogP) is 2.61. The molecule has 1 amide bonds. The van der Waals surface area contributed by atoms with E-state index < -0.39 is 45.8 Å². The molecule has 7 nitrogen and oxygen atoms in total. The number of hydrogen-bond donors (Lipinski definition) is 1. The van der Waals surface area contributed by atoms with Gasteiger partial charge in [-0.3, -0.25) is 9.59 Å². The molecule has 144 valence electrons. The van der Waals surface area contributed by atoms with E-state index in [4.69, 9.17) is 16.3 Å². The third kappa shape index (κ3) is 6.00. The van der Waals surface area contributed by atoms with Gasteiger partial charge < -0.3 is 10.1 Å². The lowest BCUT2D eigenvalue weighted by Gasteiger charge is -2.14. The summed E-state index contributed by atoms with van der Waals surface area (Å²) in [4.78, 5) is 27.6. The van der Waals surface area contributed by atoms with E-state index >= 15 is 0 Å². The van der Waals surface area contributed by atoms with Crippen LogP contribution in [0.5, 0.6) is 0 Å². The summed E-state index contributed by atoms with van der Waals surface area (Å²) in [5, 5.41) is 2.53. The summed E-state index contributed by atoms with van der Waals surface area (Å²) in [6, 6.07) is 7.35. The molecule has 0 spiro atoms. The number of halogens is 2. The number of benzene rings is 1. The molecule has 1 atom stereocenters. The van der Waals surface area contributed by atoms with Crippen LogP contribution in [0.4, 0.5) is 10.1 Å². The van der Waals surface area contributed by atoms with Gasteiger partial charge in [-0.15, -0.1) is 0 Å². The molecule has 0 aliphatic rings. The summed E-state index contributed by atoms with van der Waals surface area (Å²) in [5.41, 5.74) is 0.256. The monoisotopic (exact) mass is 414 g/mol. The Morgan fingerprint density at radius 3 is 2.56 bits per heavy atom. The Labute approximate surface area is 160 Å². The Hall–Kier alpha value is -2.52. The summed E-state index contributed by atoms with van der Waals surface area (Å²) in [7, 11) is -3.78. The second-order valence-electron chi connectivity index (χ2n) is 5.49. The van der Waals surface area contributed by atoms with Crippen molar-refractivity contribution in [3.8, 4) is 0 Å². The second kappa shape index (κ2) is 8.92. The van der Waals surface area contributed by atoms with Crippen LogP contribution in [0.2, 0.25) is 5.15 Å².